The Balaban J connectivity index is 1.92. The van der Waals surface area contributed by atoms with E-state index in [-0.39, 0.29) is 17.2 Å². The van der Waals surface area contributed by atoms with Crippen molar-refractivity contribution in [2.24, 2.45) is 11.3 Å². The van der Waals surface area contributed by atoms with Crippen LogP contribution in [-0.2, 0) is 9.59 Å². The van der Waals surface area contributed by atoms with Crippen LogP contribution in [0.25, 0.3) is 0 Å². The zero-order valence-corrected chi connectivity index (χ0v) is 12.4. The van der Waals surface area contributed by atoms with Gasteiger partial charge in [0.25, 0.3) is 0 Å². The Morgan fingerprint density at radius 1 is 1.26 bits per heavy atom. The molecule has 0 aromatic rings. The van der Waals surface area contributed by atoms with Crippen LogP contribution in [0.5, 0.6) is 0 Å². The molecule has 0 N–H and O–H groups in total. The highest BCUT2D eigenvalue weighted by atomic mass is 16.2. The van der Waals surface area contributed by atoms with Gasteiger partial charge in [-0.2, -0.15) is 0 Å². The third-order valence-corrected chi connectivity index (χ3v) is 4.59. The van der Waals surface area contributed by atoms with Crippen LogP contribution in [0.3, 0.4) is 0 Å². The van der Waals surface area contributed by atoms with Gasteiger partial charge in [0, 0.05) is 19.4 Å². The van der Waals surface area contributed by atoms with Crippen LogP contribution in [0.1, 0.15) is 45.4 Å². The molecule has 2 aliphatic rings. The van der Waals surface area contributed by atoms with Crippen molar-refractivity contribution >= 4 is 11.8 Å². The van der Waals surface area contributed by atoms with Gasteiger partial charge < -0.3 is 4.90 Å². The van der Waals surface area contributed by atoms with Crippen LogP contribution in [0.4, 0.5) is 0 Å². The summed E-state index contributed by atoms with van der Waals surface area (Å²) in [7, 11) is 4.02. The van der Waals surface area contributed by atoms with E-state index in [1.54, 1.807) is 0 Å². The average Bonchev–Trinajstić information content (AvgIpc) is 2.63. The van der Waals surface area contributed by atoms with Crippen LogP contribution < -0.4 is 0 Å². The predicted molar refractivity (Wildman–Crippen MR) is 74.6 cm³/mol. The second-order valence-electron chi connectivity index (χ2n) is 6.80. The Labute approximate surface area is 116 Å². The van der Waals surface area contributed by atoms with Gasteiger partial charge in [-0.05, 0) is 51.2 Å². The number of imide groups is 1. The standard InChI is InChI=1S/C15H26N2O2/c1-12-5-6-15(9-12)10-13(18)17(14(19)11-15)8-4-7-16(2)3/h12H,4-11H2,1-3H3/t12-/m1/s1. The van der Waals surface area contributed by atoms with Gasteiger partial charge in [0.05, 0.1) is 0 Å². The first kappa shape index (κ1) is 14.5. The molecule has 1 aliphatic heterocycles. The largest absolute Gasteiger partial charge is 0.309 e. The number of likely N-dealkylation sites (tertiary alicyclic amines) is 1. The Morgan fingerprint density at radius 3 is 2.37 bits per heavy atom. The van der Waals surface area contributed by atoms with E-state index < -0.39 is 0 Å². The smallest absolute Gasteiger partial charge is 0.229 e. The van der Waals surface area contributed by atoms with Gasteiger partial charge in [-0.25, -0.2) is 0 Å². The lowest BCUT2D eigenvalue weighted by molar-refractivity contribution is -0.153. The van der Waals surface area contributed by atoms with E-state index in [0.717, 1.165) is 25.8 Å². The summed E-state index contributed by atoms with van der Waals surface area (Å²) in [5.74, 6) is 0.786. The van der Waals surface area contributed by atoms with Gasteiger partial charge >= 0.3 is 0 Å². The van der Waals surface area contributed by atoms with Crippen molar-refractivity contribution in [1.82, 2.24) is 9.80 Å². The van der Waals surface area contributed by atoms with Gasteiger partial charge in [-0.15, -0.1) is 0 Å². The molecule has 0 aromatic heterocycles. The number of rotatable bonds is 4. The number of nitrogens with zero attached hydrogens (tertiary/aromatic N) is 2. The summed E-state index contributed by atoms with van der Waals surface area (Å²) >= 11 is 0. The van der Waals surface area contributed by atoms with E-state index in [4.69, 9.17) is 0 Å². The van der Waals surface area contributed by atoms with E-state index in [2.05, 4.69) is 11.8 Å². The number of piperidine rings is 1. The molecule has 0 bridgehead atoms. The molecule has 108 valence electrons. The molecule has 1 saturated heterocycles. The van der Waals surface area contributed by atoms with Crippen molar-refractivity contribution in [3.63, 3.8) is 0 Å². The van der Waals surface area contributed by atoms with Gasteiger partial charge in [-0.3, -0.25) is 14.5 Å². The van der Waals surface area contributed by atoms with Gasteiger partial charge in [0.1, 0.15) is 0 Å². The molecule has 0 unspecified atom stereocenters. The highest BCUT2D eigenvalue weighted by Gasteiger charge is 2.46. The minimum Gasteiger partial charge on any atom is -0.309 e. The van der Waals surface area contributed by atoms with E-state index in [0.29, 0.717) is 25.3 Å². The van der Waals surface area contributed by atoms with Crippen molar-refractivity contribution in [3.05, 3.63) is 0 Å². The Bertz CT molecular complexity index is 347. The summed E-state index contributed by atoms with van der Waals surface area (Å²) in [6.45, 7) is 3.73. The molecule has 1 spiro atoms. The molecule has 4 nitrogen and oxygen atoms in total. The topological polar surface area (TPSA) is 40.6 Å². The highest BCUT2D eigenvalue weighted by molar-refractivity contribution is 5.98. The number of carbonyl (C=O) groups is 2. The maximum Gasteiger partial charge on any atom is 0.229 e. The molecular weight excluding hydrogens is 240 g/mol. The highest BCUT2D eigenvalue weighted by Crippen LogP contribution is 2.49. The predicted octanol–water partition coefficient (Wildman–Crippen LogP) is 1.89. The van der Waals surface area contributed by atoms with Crippen LogP contribution in [0, 0.1) is 11.3 Å². The van der Waals surface area contributed by atoms with Crippen LogP contribution in [0.15, 0.2) is 0 Å². The lowest BCUT2D eigenvalue weighted by Gasteiger charge is -2.37. The van der Waals surface area contributed by atoms with Crippen molar-refractivity contribution < 1.29 is 9.59 Å². The summed E-state index contributed by atoms with van der Waals surface area (Å²) in [6.07, 6.45) is 5.32. The number of carbonyl (C=O) groups excluding carboxylic acids is 2. The van der Waals surface area contributed by atoms with Crippen molar-refractivity contribution in [2.45, 2.75) is 45.4 Å². The first-order valence-electron chi connectivity index (χ1n) is 7.40. The summed E-state index contributed by atoms with van der Waals surface area (Å²) < 4.78 is 0. The maximum atomic E-state index is 12.2. The summed E-state index contributed by atoms with van der Waals surface area (Å²) in [4.78, 5) is 28.1. The van der Waals surface area contributed by atoms with E-state index >= 15 is 0 Å². The van der Waals surface area contributed by atoms with Crippen molar-refractivity contribution in [2.75, 3.05) is 27.2 Å². The quantitative estimate of drug-likeness (QED) is 0.730. The van der Waals surface area contributed by atoms with Crippen molar-refractivity contribution in [3.8, 4) is 0 Å². The van der Waals surface area contributed by atoms with Gasteiger partial charge in [0.15, 0.2) is 0 Å². The van der Waals surface area contributed by atoms with E-state index in [9.17, 15) is 9.59 Å². The Morgan fingerprint density at radius 2 is 1.89 bits per heavy atom. The zero-order valence-electron chi connectivity index (χ0n) is 12.4. The molecule has 4 heteroatoms. The summed E-state index contributed by atoms with van der Waals surface area (Å²) in [5.41, 5.74) is 0.00559. The van der Waals surface area contributed by atoms with E-state index in [1.807, 2.05) is 14.1 Å². The third kappa shape index (κ3) is 3.35. The fourth-order valence-electron chi connectivity index (χ4n) is 3.65. The minimum atomic E-state index is 0.00559. The first-order valence-corrected chi connectivity index (χ1v) is 7.40. The van der Waals surface area contributed by atoms with Crippen LogP contribution in [-0.4, -0.2) is 48.8 Å². The lowest BCUT2D eigenvalue weighted by Crippen LogP contribution is -2.47. The number of amides is 2. The lowest BCUT2D eigenvalue weighted by atomic mass is 9.75. The first-order chi connectivity index (χ1) is 8.92. The number of hydrogen-bond donors (Lipinski definition) is 0. The Kier molecular flexibility index (Phi) is 4.29. The average molecular weight is 266 g/mol. The molecule has 1 aliphatic carbocycles. The van der Waals surface area contributed by atoms with Crippen LogP contribution in [0.2, 0.25) is 0 Å². The third-order valence-electron chi connectivity index (χ3n) is 4.59. The molecule has 1 heterocycles. The van der Waals surface area contributed by atoms with Gasteiger partial charge in [0.2, 0.25) is 11.8 Å². The molecule has 1 saturated carbocycles. The number of hydrogen-bond acceptors (Lipinski definition) is 3. The Hall–Kier alpha value is -0.900. The molecule has 2 rings (SSSR count). The molecule has 2 amide bonds. The summed E-state index contributed by atoms with van der Waals surface area (Å²) in [6, 6.07) is 0. The maximum absolute atomic E-state index is 12.2. The van der Waals surface area contributed by atoms with Gasteiger partial charge in [-0.1, -0.05) is 13.3 Å². The second kappa shape index (κ2) is 5.61. The summed E-state index contributed by atoms with van der Waals surface area (Å²) in [5, 5.41) is 0. The molecule has 0 aromatic carbocycles. The molecule has 2 fully saturated rings. The van der Waals surface area contributed by atoms with E-state index in [1.165, 1.54) is 11.3 Å². The molecule has 0 radical (unpaired) electrons. The monoisotopic (exact) mass is 266 g/mol. The SMILES string of the molecule is C[C@@H]1CCC2(CC(=O)N(CCCN(C)C)C(=O)C2)C1. The fraction of sp³-hybridized carbons (Fsp3) is 0.867. The van der Waals surface area contributed by atoms with Crippen molar-refractivity contribution in [1.29, 1.82) is 0 Å². The molecule has 19 heavy (non-hydrogen) atoms. The normalized spacial score (nSPS) is 26.7. The van der Waals surface area contributed by atoms with Crippen LogP contribution >= 0.6 is 0 Å². The molecular formula is C15H26N2O2. The second-order valence-corrected chi connectivity index (χ2v) is 6.80. The zero-order chi connectivity index (χ0) is 14.0. The minimum absolute atomic E-state index is 0.00559. The molecule has 1 atom stereocenters. The fourth-order valence-corrected chi connectivity index (χ4v) is 3.65.